The smallest absolute Gasteiger partial charge is 0.146 e. The van der Waals surface area contributed by atoms with Crippen molar-refractivity contribution in [1.82, 2.24) is 4.98 Å². The number of aromatic nitrogens is 1. The van der Waals surface area contributed by atoms with E-state index in [4.69, 9.17) is 0 Å². The first-order chi connectivity index (χ1) is 7.65. The number of nitrogens with zero attached hydrogens (tertiary/aromatic N) is 1. The molecule has 0 aliphatic carbocycles. The molecule has 0 amide bonds. The first kappa shape index (κ1) is 11.0. The molecule has 0 aliphatic rings. The highest BCUT2D eigenvalue weighted by atomic mass is 79.9. The Balaban J connectivity index is 2.26. The molecular weight excluding hydrogens is 278 g/mol. The summed E-state index contributed by atoms with van der Waals surface area (Å²) >= 11 is 3.23. The Morgan fingerprint density at radius 1 is 1.12 bits per heavy atom. The van der Waals surface area contributed by atoms with Gasteiger partial charge in [-0.3, -0.25) is 0 Å². The third-order valence-corrected chi connectivity index (χ3v) is 2.39. The number of hydrogen-bond donors (Lipinski definition) is 1. The van der Waals surface area contributed by atoms with Gasteiger partial charge < -0.3 is 5.32 Å². The number of pyridine rings is 1. The van der Waals surface area contributed by atoms with Crippen LogP contribution in [0.2, 0.25) is 0 Å². The van der Waals surface area contributed by atoms with E-state index in [0.29, 0.717) is 5.82 Å². The van der Waals surface area contributed by atoms with Crippen molar-refractivity contribution in [2.24, 2.45) is 0 Å². The van der Waals surface area contributed by atoms with Gasteiger partial charge in [0.2, 0.25) is 0 Å². The Morgan fingerprint density at radius 3 is 2.62 bits per heavy atom. The van der Waals surface area contributed by atoms with Crippen LogP contribution < -0.4 is 5.32 Å². The average Bonchev–Trinajstić information content (AvgIpc) is 2.27. The maximum atomic E-state index is 13.3. The maximum Gasteiger partial charge on any atom is 0.146 e. The molecule has 0 unspecified atom stereocenters. The van der Waals surface area contributed by atoms with Gasteiger partial charge in [0.1, 0.15) is 17.5 Å². The summed E-state index contributed by atoms with van der Waals surface area (Å²) in [6.07, 6.45) is 1.57. The lowest BCUT2D eigenvalue weighted by molar-refractivity contribution is 0.603. The molecule has 2 aromatic rings. The van der Waals surface area contributed by atoms with Crippen LogP contribution in [0, 0.1) is 11.6 Å². The second kappa shape index (κ2) is 4.57. The Bertz CT molecular complexity index is 500. The Kier molecular flexibility index (Phi) is 3.14. The van der Waals surface area contributed by atoms with E-state index in [9.17, 15) is 8.78 Å². The van der Waals surface area contributed by atoms with Crippen molar-refractivity contribution in [2.75, 3.05) is 5.32 Å². The highest BCUT2D eigenvalue weighted by molar-refractivity contribution is 9.10. The van der Waals surface area contributed by atoms with Crippen molar-refractivity contribution >= 4 is 27.4 Å². The molecule has 0 spiro atoms. The minimum absolute atomic E-state index is 0.0647. The predicted octanol–water partition coefficient (Wildman–Crippen LogP) is 3.87. The van der Waals surface area contributed by atoms with Crippen molar-refractivity contribution in [2.45, 2.75) is 0 Å². The predicted molar refractivity (Wildman–Crippen MR) is 61.6 cm³/mol. The highest BCUT2D eigenvalue weighted by Crippen LogP contribution is 2.20. The van der Waals surface area contributed by atoms with Crippen LogP contribution >= 0.6 is 15.9 Å². The number of rotatable bonds is 2. The summed E-state index contributed by atoms with van der Waals surface area (Å²) in [4.78, 5) is 4.00. The van der Waals surface area contributed by atoms with Crippen molar-refractivity contribution in [3.8, 4) is 0 Å². The van der Waals surface area contributed by atoms with E-state index >= 15 is 0 Å². The second-order valence-corrected chi connectivity index (χ2v) is 4.03. The van der Waals surface area contributed by atoms with E-state index in [0.717, 1.165) is 22.7 Å². The molecule has 1 N–H and O–H groups in total. The summed E-state index contributed by atoms with van der Waals surface area (Å²) in [6.45, 7) is 0. The van der Waals surface area contributed by atoms with Crippen LogP contribution in [-0.4, -0.2) is 4.98 Å². The molecule has 0 fully saturated rings. The molecule has 0 aliphatic heterocycles. The average molecular weight is 285 g/mol. The molecule has 1 heterocycles. The van der Waals surface area contributed by atoms with E-state index in [-0.39, 0.29) is 5.69 Å². The van der Waals surface area contributed by atoms with Gasteiger partial charge in [0.05, 0.1) is 5.69 Å². The fraction of sp³-hybridized carbons (Fsp3) is 0. The summed E-state index contributed by atoms with van der Waals surface area (Å²) in [5.41, 5.74) is 0.0647. The third-order valence-electron chi connectivity index (χ3n) is 1.92. The molecular formula is C11H7BrF2N2. The van der Waals surface area contributed by atoms with Gasteiger partial charge in [-0.2, -0.15) is 0 Å². The number of benzene rings is 1. The largest absolute Gasteiger partial charge is 0.338 e. The zero-order valence-corrected chi connectivity index (χ0v) is 9.63. The van der Waals surface area contributed by atoms with E-state index in [2.05, 4.69) is 26.2 Å². The molecule has 1 aromatic heterocycles. The van der Waals surface area contributed by atoms with Gasteiger partial charge in [0.15, 0.2) is 0 Å². The molecule has 0 bridgehead atoms. The number of nitrogens with one attached hydrogen (secondary N) is 1. The lowest BCUT2D eigenvalue weighted by atomic mass is 10.3. The first-order valence-corrected chi connectivity index (χ1v) is 5.28. The van der Waals surface area contributed by atoms with E-state index in [1.165, 1.54) is 0 Å². The summed E-state index contributed by atoms with van der Waals surface area (Å²) in [7, 11) is 0. The van der Waals surface area contributed by atoms with Crippen molar-refractivity contribution in [3.63, 3.8) is 0 Å². The lowest BCUT2D eigenvalue weighted by Crippen LogP contribution is -1.96. The molecule has 0 atom stereocenters. The molecule has 16 heavy (non-hydrogen) atoms. The molecule has 2 rings (SSSR count). The van der Waals surface area contributed by atoms with Crippen LogP contribution in [0.4, 0.5) is 20.3 Å². The molecule has 5 heteroatoms. The van der Waals surface area contributed by atoms with Gasteiger partial charge >= 0.3 is 0 Å². The Hall–Kier alpha value is -1.49. The lowest BCUT2D eigenvalue weighted by Gasteiger charge is -2.06. The minimum atomic E-state index is -0.522. The Labute approximate surface area is 99.5 Å². The zero-order valence-electron chi connectivity index (χ0n) is 8.05. The highest BCUT2D eigenvalue weighted by Gasteiger charge is 2.04. The van der Waals surface area contributed by atoms with Gasteiger partial charge in [-0.15, -0.1) is 0 Å². The number of halogens is 3. The standard InChI is InChI=1S/C11H7BrF2N2/c12-7-1-4-11(15-6-7)16-10-5-8(13)2-3-9(10)14/h1-6H,(H,15,16). The molecule has 82 valence electrons. The van der Waals surface area contributed by atoms with Gasteiger partial charge in [0.25, 0.3) is 0 Å². The summed E-state index contributed by atoms with van der Waals surface area (Å²) < 4.78 is 27.0. The molecule has 2 nitrogen and oxygen atoms in total. The quantitative estimate of drug-likeness (QED) is 0.906. The van der Waals surface area contributed by atoms with Gasteiger partial charge in [-0.05, 0) is 40.2 Å². The van der Waals surface area contributed by atoms with Crippen LogP contribution in [-0.2, 0) is 0 Å². The van der Waals surface area contributed by atoms with Crippen molar-refractivity contribution < 1.29 is 8.78 Å². The van der Waals surface area contributed by atoms with Crippen LogP contribution in [0.15, 0.2) is 41.0 Å². The monoisotopic (exact) mass is 284 g/mol. The SMILES string of the molecule is Fc1ccc(F)c(Nc2ccc(Br)cn2)c1. The molecule has 0 radical (unpaired) electrons. The zero-order chi connectivity index (χ0) is 11.5. The number of anilines is 2. The van der Waals surface area contributed by atoms with E-state index in [1.807, 2.05) is 0 Å². The molecule has 0 saturated carbocycles. The summed E-state index contributed by atoms with van der Waals surface area (Å²) in [5, 5.41) is 2.69. The third kappa shape index (κ3) is 2.55. The number of hydrogen-bond acceptors (Lipinski definition) is 2. The summed E-state index contributed by atoms with van der Waals surface area (Å²) in [6, 6.07) is 6.63. The first-order valence-electron chi connectivity index (χ1n) is 4.49. The van der Waals surface area contributed by atoms with Crippen LogP contribution in [0.5, 0.6) is 0 Å². The molecule has 1 aromatic carbocycles. The van der Waals surface area contributed by atoms with Crippen molar-refractivity contribution in [3.05, 3.63) is 52.6 Å². The van der Waals surface area contributed by atoms with Crippen LogP contribution in [0.1, 0.15) is 0 Å². The maximum absolute atomic E-state index is 13.3. The summed E-state index contributed by atoms with van der Waals surface area (Å²) in [5.74, 6) is -0.570. The second-order valence-electron chi connectivity index (χ2n) is 3.11. The van der Waals surface area contributed by atoms with E-state index < -0.39 is 11.6 Å². The van der Waals surface area contributed by atoms with Gasteiger partial charge in [-0.1, -0.05) is 0 Å². The van der Waals surface area contributed by atoms with Gasteiger partial charge in [-0.25, -0.2) is 13.8 Å². The van der Waals surface area contributed by atoms with Gasteiger partial charge in [0, 0.05) is 16.7 Å². The molecule has 0 saturated heterocycles. The topological polar surface area (TPSA) is 24.9 Å². The van der Waals surface area contributed by atoms with E-state index in [1.54, 1.807) is 18.3 Å². The van der Waals surface area contributed by atoms with Crippen LogP contribution in [0.25, 0.3) is 0 Å². The normalized spacial score (nSPS) is 10.2. The van der Waals surface area contributed by atoms with Crippen molar-refractivity contribution in [1.29, 1.82) is 0 Å². The fourth-order valence-corrected chi connectivity index (χ4v) is 1.42. The fourth-order valence-electron chi connectivity index (χ4n) is 1.18. The van der Waals surface area contributed by atoms with Crippen LogP contribution in [0.3, 0.4) is 0 Å². The Morgan fingerprint density at radius 2 is 1.94 bits per heavy atom. The minimum Gasteiger partial charge on any atom is -0.338 e.